The van der Waals surface area contributed by atoms with Crippen LogP contribution in [-0.2, 0) is 20.9 Å². The number of aryl methyl sites for hydroxylation is 1. The Labute approximate surface area is 345 Å². The lowest BCUT2D eigenvalue weighted by Gasteiger charge is -2.18. The van der Waals surface area contributed by atoms with Gasteiger partial charge in [0, 0.05) is 78.5 Å². The quantitative estimate of drug-likeness (QED) is 0.0382. The van der Waals surface area contributed by atoms with Gasteiger partial charge in [0.25, 0.3) is 11.8 Å². The first-order valence-corrected chi connectivity index (χ1v) is 20.2. The van der Waals surface area contributed by atoms with Crippen molar-refractivity contribution in [3.05, 3.63) is 106 Å². The average molecular weight is 819 g/mol. The van der Waals surface area contributed by atoms with Gasteiger partial charge in [-0.2, -0.15) is 0 Å². The predicted molar refractivity (Wildman–Crippen MR) is 226 cm³/mol. The molecule has 0 aliphatic carbocycles. The zero-order valence-corrected chi connectivity index (χ0v) is 34.1. The van der Waals surface area contributed by atoms with Crippen LogP contribution in [-0.4, -0.2) is 75.8 Å². The monoisotopic (exact) mass is 818 g/mol. The van der Waals surface area contributed by atoms with Gasteiger partial charge < -0.3 is 35.3 Å². The summed E-state index contributed by atoms with van der Waals surface area (Å²) >= 11 is 1.30. The molecule has 6 rings (SSSR count). The van der Waals surface area contributed by atoms with Crippen molar-refractivity contribution < 1.29 is 33.4 Å². The Balaban J connectivity index is 0.963. The fourth-order valence-corrected chi connectivity index (χ4v) is 7.22. The third-order valence-electron chi connectivity index (χ3n) is 9.65. The van der Waals surface area contributed by atoms with Crippen LogP contribution in [0.3, 0.4) is 0 Å². The van der Waals surface area contributed by atoms with Gasteiger partial charge in [-0.1, -0.05) is 26.0 Å². The summed E-state index contributed by atoms with van der Waals surface area (Å²) in [6, 6.07) is 14.9. The molecule has 306 valence electrons. The van der Waals surface area contributed by atoms with E-state index in [1.54, 1.807) is 60.9 Å². The molecule has 4 heterocycles. The summed E-state index contributed by atoms with van der Waals surface area (Å²) in [5.41, 5.74) is 6.37. The van der Waals surface area contributed by atoms with Gasteiger partial charge in [-0.3, -0.25) is 29.5 Å². The molecule has 4 amide bonds. The SMILES string of the molecule is CCN(CC)CCNC(=O)c1c(C)[nH]c(/C=C2\C(=O)Nc3ccc(OC(=O)CCCC(=O)Oc4cccc(CNC(=O)Nc5nc(-c6ccncc6)cs5)c4)cc32)c1C. The first kappa shape index (κ1) is 42.0. The van der Waals surface area contributed by atoms with Gasteiger partial charge in [0.15, 0.2) is 5.13 Å². The molecule has 0 radical (unpaired) electrons. The highest BCUT2D eigenvalue weighted by Crippen LogP contribution is 2.36. The maximum atomic E-state index is 13.1. The molecule has 0 bridgehead atoms. The highest BCUT2D eigenvalue weighted by molar-refractivity contribution is 7.14. The van der Waals surface area contributed by atoms with Crippen LogP contribution in [0.4, 0.5) is 15.6 Å². The van der Waals surface area contributed by atoms with Crippen LogP contribution in [0.15, 0.2) is 72.4 Å². The lowest BCUT2D eigenvalue weighted by atomic mass is 10.0. The summed E-state index contributed by atoms with van der Waals surface area (Å²) in [5.74, 6) is -1.04. The number of nitrogens with one attached hydrogen (secondary N) is 5. The second-order valence-electron chi connectivity index (χ2n) is 13.7. The van der Waals surface area contributed by atoms with Gasteiger partial charge in [0.1, 0.15) is 11.5 Å². The average Bonchev–Trinajstić information content (AvgIpc) is 3.90. The number of aromatic amines is 1. The van der Waals surface area contributed by atoms with E-state index in [9.17, 15) is 24.0 Å². The number of likely N-dealkylation sites (N-methyl/N-ethyl adjacent to an activating group) is 1. The number of thiazole rings is 1. The fourth-order valence-electron chi connectivity index (χ4n) is 6.50. The molecule has 0 saturated heterocycles. The van der Waals surface area contributed by atoms with Gasteiger partial charge in [-0.15, -0.1) is 11.3 Å². The zero-order chi connectivity index (χ0) is 41.9. The number of ether oxygens (including phenoxy) is 2. The number of hydrogen-bond donors (Lipinski definition) is 5. The Morgan fingerprint density at radius 1 is 0.915 bits per heavy atom. The fraction of sp³-hybridized carbons (Fsp3) is 0.279. The maximum absolute atomic E-state index is 13.1. The summed E-state index contributed by atoms with van der Waals surface area (Å²) < 4.78 is 11.1. The number of benzene rings is 2. The van der Waals surface area contributed by atoms with Gasteiger partial charge in [-0.25, -0.2) is 9.78 Å². The molecule has 0 spiro atoms. The van der Waals surface area contributed by atoms with Crippen molar-refractivity contribution >= 4 is 63.6 Å². The van der Waals surface area contributed by atoms with Crippen molar-refractivity contribution in [1.29, 1.82) is 0 Å². The second-order valence-corrected chi connectivity index (χ2v) is 14.6. The number of nitrogens with zero attached hydrogens (tertiary/aromatic N) is 3. The smallest absolute Gasteiger partial charge is 0.321 e. The number of carbonyl (C=O) groups is 5. The van der Waals surface area contributed by atoms with Crippen LogP contribution < -0.4 is 30.7 Å². The van der Waals surface area contributed by atoms with Crippen LogP contribution in [0.25, 0.3) is 22.9 Å². The van der Waals surface area contributed by atoms with Crippen LogP contribution in [0.5, 0.6) is 11.5 Å². The highest BCUT2D eigenvalue weighted by Gasteiger charge is 2.27. The van der Waals surface area contributed by atoms with E-state index in [0.29, 0.717) is 62.3 Å². The van der Waals surface area contributed by atoms with E-state index in [4.69, 9.17) is 9.47 Å². The molecule has 3 aromatic heterocycles. The number of anilines is 2. The molecule has 0 fully saturated rings. The van der Waals surface area contributed by atoms with E-state index >= 15 is 0 Å². The van der Waals surface area contributed by atoms with Crippen molar-refractivity contribution in [2.45, 2.75) is 53.5 Å². The summed E-state index contributed by atoms with van der Waals surface area (Å²) in [7, 11) is 0. The standard InChI is InChI=1S/C43H46N8O7S/c1-5-51(6-2)20-19-45-41(55)39-26(3)35(47-27(39)4)23-33-32-22-31(13-14-34(32)48-40(33)54)58-38(53)12-8-11-37(52)57-30-10-7-9-28(21-30)24-46-42(56)50-43-49-36(25-59-43)29-15-17-44-18-16-29/h7,9-10,13-18,21-23,25,47H,5-6,8,11-12,19-20,24H2,1-4H3,(H,45,55)(H,48,54)(H2,46,49,50,56)/b33-23-. The van der Waals surface area contributed by atoms with Crippen molar-refractivity contribution in [3.8, 4) is 22.8 Å². The van der Waals surface area contributed by atoms with Gasteiger partial charge in [0.2, 0.25) is 0 Å². The molecule has 0 atom stereocenters. The van der Waals surface area contributed by atoms with Crippen LogP contribution in [0, 0.1) is 13.8 Å². The number of aromatic nitrogens is 3. The van der Waals surface area contributed by atoms with E-state index in [-0.39, 0.29) is 43.4 Å². The largest absolute Gasteiger partial charge is 0.427 e. The van der Waals surface area contributed by atoms with Crippen molar-refractivity contribution in [3.63, 3.8) is 0 Å². The summed E-state index contributed by atoms with van der Waals surface area (Å²) in [6.45, 7) is 11.1. The van der Waals surface area contributed by atoms with E-state index in [2.05, 4.69) is 55.0 Å². The van der Waals surface area contributed by atoms with Gasteiger partial charge >= 0.3 is 18.0 Å². The number of H-pyrrole nitrogens is 1. The minimum absolute atomic E-state index is 0.0321. The minimum Gasteiger partial charge on any atom is -0.427 e. The van der Waals surface area contributed by atoms with Crippen LogP contribution >= 0.6 is 11.3 Å². The van der Waals surface area contributed by atoms with Crippen molar-refractivity contribution in [1.82, 2.24) is 30.5 Å². The Morgan fingerprint density at radius 3 is 2.37 bits per heavy atom. The molecular weight excluding hydrogens is 773 g/mol. The zero-order valence-electron chi connectivity index (χ0n) is 33.3. The van der Waals surface area contributed by atoms with E-state index < -0.39 is 18.0 Å². The molecule has 16 heteroatoms. The maximum Gasteiger partial charge on any atom is 0.321 e. The third kappa shape index (κ3) is 11.1. The molecule has 0 saturated carbocycles. The molecule has 5 aromatic rings. The molecule has 15 nitrogen and oxygen atoms in total. The molecule has 59 heavy (non-hydrogen) atoms. The first-order chi connectivity index (χ1) is 28.5. The van der Waals surface area contributed by atoms with E-state index in [1.807, 2.05) is 31.4 Å². The van der Waals surface area contributed by atoms with Crippen LogP contribution in [0.2, 0.25) is 0 Å². The van der Waals surface area contributed by atoms with Gasteiger partial charge in [-0.05, 0) is 93.0 Å². The number of amides is 4. The second kappa shape index (κ2) is 19.7. The summed E-state index contributed by atoms with van der Waals surface area (Å²) in [5, 5.41) is 13.6. The third-order valence-corrected chi connectivity index (χ3v) is 10.4. The van der Waals surface area contributed by atoms with E-state index in [0.717, 1.165) is 30.9 Å². The Hall–Kier alpha value is -6.65. The lowest BCUT2D eigenvalue weighted by molar-refractivity contribution is -0.136. The number of fused-ring (bicyclic) bond motifs is 1. The number of carbonyl (C=O) groups excluding carboxylic acids is 5. The van der Waals surface area contributed by atoms with E-state index in [1.165, 1.54) is 11.3 Å². The number of esters is 2. The predicted octanol–water partition coefficient (Wildman–Crippen LogP) is 6.72. The Kier molecular flexibility index (Phi) is 14.0. The topological polar surface area (TPSA) is 197 Å². The van der Waals surface area contributed by atoms with Crippen molar-refractivity contribution in [2.24, 2.45) is 0 Å². The van der Waals surface area contributed by atoms with Crippen molar-refractivity contribution in [2.75, 3.05) is 36.8 Å². The molecule has 2 aromatic carbocycles. The number of hydrogen-bond acceptors (Lipinski definition) is 11. The molecule has 0 unspecified atom stereocenters. The first-order valence-electron chi connectivity index (χ1n) is 19.3. The number of rotatable bonds is 17. The summed E-state index contributed by atoms with van der Waals surface area (Å²) in [6.07, 6.45) is 5.15. The van der Waals surface area contributed by atoms with Gasteiger partial charge in [0.05, 0.1) is 16.8 Å². The molecule has 5 N–H and O–H groups in total. The van der Waals surface area contributed by atoms with Crippen LogP contribution in [0.1, 0.15) is 71.5 Å². The highest BCUT2D eigenvalue weighted by atomic mass is 32.1. The Morgan fingerprint density at radius 2 is 1.64 bits per heavy atom. The number of urea groups is 1. The summed E-state index contributed by atoms with van der Waals surface area (Å²) in [4.78, 5) is 77.9. The normalized spacial score (nSPS) is 12.6. The number of pyridine rings is 1. The lowest BCUT2D eigenvalue weighted by Crippen LogP contribution is -2.35. The Bertz CT molecular complexity index is 2370. The molecule has 1 aliphatic rings. The molecule has 1 aliphatic heterocycles. The molecular formula is C43H46N8O7S. The minimum atomic E-state index is -0.550.